The van der Waals surface area contributed by atoms with Crippen molar-refractivity contribution in [2.45, 2.75) is 26.3 Å². The Bertz CT molecular complexity index is 509. The molecule has 0 unspecified atom stereocenters. The van der Waals surface area contributed by atoms with Crippen molar-refractivity contribution in [1.29, 1.82) is 0 Å². The van der Waals surface area contributed by atoms with Gasteiger partial charge < -0.3 is 5.73 Å². The van der Waals surface area contributed by atoms with Crippen LogP contribution >= 0.6 is 0 Å². The van der Waals surface area contributed by atoms with Crippen LogP contribution in [-0.4, -0.2) is 14.0 Å². The molecule has 0 heterocycles. The van der Waals surface area contributed by atoms with Gasteiger partial charge in [-0.2, -0.15) is 13.1 Å². The van der Waals surface area contributed by atoms with Gasteiger partial charge >= 0.3 is 0 Å². The molecular formula is C10H16FN3O2S. The van der Waals surface area contributed by atoms with E-state index in [4.69, 9.17) is 5.73 Å². The minimum absolute atomic E-state index is 0.179. The SMILES string of the molecule is CC(C)(C)NS(=O)(=O)Nc1cc(N)ccc1F. The second-order valence-electron chi connectivity index (χ2n) is 4.70. The summed E-state index contributed by atoms with van der Waals surface area (Å²) in [7, 11) is -3.83. The van der Waals surface area contributed by atoms with E-state index >= 15 is 0 Å². The molecule has 0 aliphatic carbocycles. The van der Waals surface area contributed by atoms with Crippen LogP contribution in [0.1, 0.15) is 20.8 Å². The third-order valence-electron chi connectivity index (χ3n) is 1.68. The molecule has 0 atom stereocenters. The summed E-state index contributed by atoms with van der Waals surface area (Å²) in [5.74, 6) is -0.682. The Kier molecular flexibility index (Phi) is 3.63. The Morgan fingerprint density at radius 1 is 1.29 bits per heavy atom. The van der Waals surface area contributed by atoms with Crippen molar-refractivity contribution in [2.24, 2.45) is 0 Å². The summed E-state index contributed by atoms with van der Waals surface area (Å²) in [4.78, 5) is 0. The molecule has 96 valence electrons. The highest BCUT2D eigenvalue weighted by Crippen LogP contribution is 2.18. The molecule has 17 heavy (non-hydrogen) atoms. The summed E-state index contributed by atoms with van der Waals surface area (Å²) in [6, 6.07) is 3.67. The van der Waals surface area contributed by atoms with Crippen molar-refractivity contribution in [1.82, 2.24) is 4.72 Å². The number of benzene rings is 1. The minimum atomic E-state index is -3.83. The lowest BCUT2D eigenvalue weighted by atomic mass is 10.1. The first-order valence-electron chi connectivity index (χ1n) is 4.96. The molecule has 0 saturated carbocycles. The van der Waals surface area contributed by atoms with Crippen molar-refractivity contribution >= 4 is 21.6 Å². The monoisotopic (exact) mass is 261 g/mol. The normalized spacial score (nSPS) is 12.5. The maximum Gasteiger partial charge on any atom is 0.299 e. The highest BCUT2D eigenvalue weighted by Gasteiger charge is 2.20. The van der Waals surface area contributed by atoms with Crippen LogP contribution < -0.4 is 15.2 Å². The van der Waals surface area contributed by atoms with Crippen LogP contribution in [0, 0.1) is 5.82 Å². The lowest BCUT2D eigenvalue weighted by Crippen LogP contribution is -2.43. The molecular weight excluding hydrogens is 245 g/mol. The first-order chi connectivity index (χ1) is 7.59. The van der Waals surface area contributed by atoms with Gasteiger partial charge in [0.05, 0.1) is 5.69 Å². The van der Waals surface area contributed by atoms with E-state index < -0.39 is 21.6 Å². The summed E-state index contributed by atoms with van der Waals surface area (Å²) < 4.78 is 41.1. The molecule has 0 aromatic heterocycles. The third kappa shape index (κ3) is 4.58. The fourth-order valence-electron chi connectivity index (χ4n) is 1.19. The molecule has 0 radical (unpaired) electrons. The summed E-state index contributed by atoms with van der Waals surface area (Å²) in [5, 5.41) is 0. The first-order valence-corrected chi connectivity index (χ1v) is 6.44. The molecule has 1 aromatic rings. The fraction of sp³-hybridized carbons (Fsp3) is 0.400. The van der Waals surface area contributed by atoms with Gasteiger partial charge in [-0.25, -0.2) is 4.39 Å². The number of rotatable bonds is 3. The Labute approximate surface area is 100 Å². The summed E-state index contributed by atoms with van der Waals surface area (Å²) >= 11 is 0. The topological polar surface area (TPSA) is 84.2 Å². The van der Waals surface area contributed by atoms with Gasteiger partial charge in [0.25, 0.3) is 10.2 Å². The lowest BCUT2D eigenvalue weighted by molar-refractivity contribution is 0.494. The molecule has 0 bridgehead atoms. The predicted molar refractivity (Wildman–Crippen MR) is 66.2 cm³/mol. The van der Waals surface area contributed by atoms with E-state index in [1.165, 1.54) is 12.1 Å². The number of nitrogens with two attached hydrogens (primary N) is 1. The fourth-order valence-corrected chi connectivity index (χ4v) is 2.50. The Hall–Kier alpha value is -1.34. The van der Waals surface area contributed by atoms with Gasteiger partial charge in [0.15, 0.2) is 0 Å². The number of halogens is 1. The van der Waals surface area contributed by atoms with Crippen LogP contribution in [0.2, 0.25) is 0 Å². The van der Waals surface area contributed by atoms with Crippen molar-refractivity contribution < 1.29 is 12.8 Å². The van der Waals surface area contributed by atoms with Crippen molar-refractivity contribution in [3.8, 4) is 0 Å². The van der Waals surface area contributed by atoms with Gasteiger partial charge in [0, 0.05) is 11.2 Å². The number of hydrogen-bond acceptors (Lipinski definition) is 3. The van der Waals surface area contributed by atoms with Gasteiger partial charge in [0.1, 0.15) is 5.82 Å². The lowest BCUT2D eigenvalue weighted by Gasteiger charge is -2.21. The van der Waals surface area contributed by atoms with E-state index in [9.17, 15) is 12.8 Å². The third-order valence-corrected chi connectivity index (χ3v) is 3.05. The van der Waals surface area contributed by atoms with E-state index in [2.05, 4.69) is 9.44 Å². The largest absolute Gasteiger partial charge is 0.399 e. The molecule has 5 nitrogen and oxygen atoms in total. The molecule has 7 heteroatoms. The zero-order chi connectivity index (χ0) is 13.3. The Morgan fingerprint density at radius 3 is 2.41 bits per heavy atom. The van der Waals surface area contributed by atoms with Crippen molar-refractivity contribution in [3.05, 3.63) is 24.0 Å². The molecule has 0 saturated heterocycles. The molecule has 0 spiro atoms. The van der Waals surface area contributed by atoms with E-state index in [1.807, 2.05) is 0 Å². The van der Waals surface area contributed by atoms with Crippen LogP contribution in [0.25, 0.3) is 0 Å². The molecule has 0 amide bonds. The standard InChI is InChI=1S/C10H16FN3O2S/c1-10(2,3)14-17(15,16)13-9-6-7(12)4-5-8(9)11/h4-6,13-14H,12H2,1-3H3. The highest BCUT2D eigenvalue weighted by atomic mass is 32.2. The summed E-state index contributed by atoms with van der Waals surface area (Å²) in [5.41, 5.74) is 4.90. The van der Waals surface area contributed by atoms with Crippen molar-refractivity contribution in [3.63, 3.8) is 0 Å². The molecule has 1 aromatic carbocycles. The average Bonchev–Trinajstić information content (AvgIpc) is 2.06. The molecule has 0 aliphatic heterocycles. The summed E-state index contributed by atoms with van der Waals surface area (Å²) in [6.07, 6.45) is 0. The quantitative estimate of drug-likeness (QED) is 0.720. The van der Waals surface area contributed by atoms with Crippen LogP contribution in [0.15, 0.2) is 18.2 Å². The number of anilines is 2. The second-order valence-corrected chi connectivity index (χ2v) is 6.11. The molecule has 1 rings (SSSR count). The summed E-state index contributed by atoms with van der Waals surface area (Å²) in [6.45, 7) is 5.05. The van der Waals surface area contributed by atoms with E-state index in [1.54, 1.807) is 20.8 Å². The van der Waals surface area contributed by atoms with E-state index in [0.717, 1.165) is 6.07 Å². The predicted octanol–water partition coefficient (Wildman–Crippen LogP) is 1.45. The Balaban J connectivity index is 2.94. The van der Waals surface area contributed by atoms with Gasteiger partial charge in [-0.3, -0.25) is 4.72 Å². The van der Waals surface area contributed by atoms with Crippen LogP contribution in [0.3, 0.4) is 0 Å². The maximum absolute atomic E-state index is 13.3. The molecule has 0 aliphatic rings. The van der Waals surface area contributed by atoms with Gasteiger partial charge in [0.2, 0.25) is 0 Å². The van der Waals surface area contributed by atoms with Gasteiger partial charge in [-0.15, -0.1) is 0 Å². The first kappa shape index (κ1) is 13.7. The minimum Gasteiger partial charge on any atom is -0.399 e. The number of nitrogens with one attached hydrogen (secondary N) is 2. The van der Waals surface area contributed by atoms with Crippen LogP contribution in [0.4, 0.5) is 15.8 Å². The molecule has 4 N–H and O–H groups in total. The number of nitrogen functional groups attached to an aromatic ring is 1. The average molecular weight is 261 g/mol. The molecule has 0 fully saturated rings. The van der Waals surface area contributed by atoms with Gasteiger partial charge in [-0.05, 0) is 39.0 Å². The maximum atomic E-state index is 13.3. The highest BCUT2D eigenvalue weighted by molar-refractivity contribution is 7.90. The van der Waals surface area contributed by atoms with Gasteiger partial charge in [-0.1, -0.05) is 0 Å². The van der Waals surface area contributed by atoms with E-state index in [-0.39, 0.29) is 11.4 Å². The second kappa shape index (κ2) is 4.50. The Morgan fingerprint density at radius 2 is 1.88 bits per heavy atom. The van der Waals surface area contributed by atoms with E-state index in [0.29, 0.717) is 0 Å². The number of hydrogen-bond donors (Lipinski definition) is 3. The van der Waals surface area contributed by atoms with Crippen LogP contribution in [-0.2, 0) is 10.2 Å². The zero-order valence-electron chi connectivity index (χ0n) is 9.91. The van der Waals surface area contributed by atoms with Crippen LogP contribution in [0.5, 0.6) is 0 Å². The zero-order valence-corrected chi connectivity index (χ0v) is 10.7. The van der Waals surface area contributed by atoms with Crippen molar-refractivity contribution in [2.75, 3.05) is 10.5 Å². The smallest absolute Gasteiger partial charge is 0.299 e.